The third-order valence-corrected chi connectivity index (χ3v) is 3.14. The molecule has 2 amide bonds. The molecule has 0 aliphatic carbocycles. The first kappa shape index (κ1) is 11.6. The summed E-state index contributed by atoms with van der Waals surface area (Å²) in [4.78, 5) is 29.3. The van der Waals surface area contributed by atoms with Gasteiger partial charge in [0.2, 0.25) is 11.8 Å². The third-order valence-electron chi connectivity index (χ3n) is 3.14. The summed E-state index contributed by atoms with van der Waals surface area (Å²) in [5.41, 5.74) is 2.17. The van der Waals surface area contributed by atoms with Crippen LogP contribution in [0.2, 0.25) is 0 Å². The Morgan fingerprint density at radius 2 is 1.58 bits per heavy atom. The average Bonchev–Trinajstić information content (AvgIpc) is 2.79. The highest BCUT2D eigenvalue weighted by Crippen LogP contribution is 2.32. The van der Waals surface area contributed by atoms with Crippen LogP contribution in [0, 0.1) is 0 Å². The van der Waals surface area contributed by atoms with Crippen LogP contribution < -0.4 is 4.90 Å². The molecule has 4 nitrogen and oxygen atoms in total. The zero-order valence-electron chi connectivity index (χ0n) is 10.2. The number of imide groups is 1. The predicted octanol–water partition coefficient (Wildman–Crippen LogP) is 2.40. The van der Waals surface area contributed by atoms with E-state index in [9.17, 15) is 9.59 Å². The first-order chi connectivity index (χ1) is 9.27. The van der Waals surface area contributed by atoms with Gasteiger partial charge >= 0.3 is 0 Å². The molecule has 0 bridgehead atoms. The number of pyridine rings is 1. The highest BCUT2D eigenvalue weighted by molar-refractivity contribution is 6.21. The second kappa shape index (κ2) is 4.65. The van der Waals surface area contributed by atoms with Crippen LogP contribution in [-0.4, -0.2) is 16.8 Å². The molecule has 0 unspecified atom stereocenters. The van der Waals surface area contributed by atoms with Crippen LogP contribution in [0.15, 0.2) is 48.7 Å². The van der Waals surface area contributed by atoms with Crippen molar-refractivity contribution in [2.75, 3.05) is 4.90 Å². The van der Waals surface area contributed by atoms with Crippen molar-refractivity contribution in [3.63, 3.8) is 0 Å². The number of nitrogens with zero attached hydrogens (tertiary/aromatic N) is 2. The van der Waals surface area contributed by atoms with Gasteiger partial charge in [-0.2, -0.15) is 0 Å². The topological polar surface area (TPSA) is 50.3 Å². The number of aromatic nitrogens is 1. The first-order valence-electron chi connectivity index (χ1n) is 6.13. The number of carbonyl (C=O) groups is 2. The van der Waals surface area contributed by atoms with Crippen LogP contribution in [-0.2, 0) is 9.59 Å². The van der Waals surface area contributed by atoms with Gasteiger partial charge in [0.05, 0.1) is 11.4 Å². The Bertz CT molecular complexity index is 622. The molecule has 2 aromatic rings. The molecule has 0 saturated carbocycles. The zero-order chi connectivity index (χ0) is 13.2. The summed E-state index contributed by atoms with van der Waals surface area (Å²) in [6.45, 7) is 0. The largest absolute Gasteiger partial charge is 0.274 e. The fourth-order valence-electron chi connectivity index (χ4n) is 2.25. The maximum Gasteiger partial charge on any atom is 0.234 e. The van der Waals surface area contributed by atoms with E-state index in [-0.39, 0.29) is 24.7 Å². The van der Waals surface area contributed by atoms with Gasteiger partial charge in [-0.3, -0.25) is 14.6 Å². The Morgan fingerprint density at radius 3 is 2.26 bits per heavy atom. The number of anilines is 1. The molecule has 0 atom stereocenters. The summed E-state index contributed by atoms with van der Waals surface area (Å²) in [6, 6.07) is 12.9. The van der Waals surface area contributed by atoms with Gasteiger partial charge in [0.1, 0.15) is 0 Å². The Morgan fingerprint density at radius 1 is 0.895 bits per heavy atom. The standard InChI is InChI=1S/C15H12N2O2/c18-14-8-9-15(19)17(14)13-7-2-1-5-11(13)12-6-3-4-10-16-12/h1-7,10H,8-9H2. The number of rotatable bonds is 2. The van der Waals surface area contributed by atoms with Gasteiger partial charge in [-0.15, -0.1) is 0 Å². The van der Waals surface area contributed by atoms with E-state index in [2.05, 4.69) is 4.98 Å². The van der Waals surface area contributed by atoms with Gasteiger partial charge in [0.15, 0.2) is 0 Å². The van der Waals surface area contributed by atoms with Crippen LogP contribution in [0.4, 0.5) is 5.69 Å². The number of benzene rings is 1. The average molecular weight is 252 g/mol. The molecule has 1 aliphatic heterocycles. The zero-order valence-corrected chi connectivity index (χ0v) is 10.2. The highest BCUT2D eigenvalue weighted by Gasteiger charge is 2.31. The van der Waals surface area contributed by atoms with E-state index in [4.69, 9.17) is 0 Å². The van der Waals surface area contributed by atoms with E-state index in [0.717, 1.165) is 11.3 Å². The van der Waals surface area contributed by atoms with Crippen molar-refractivity contribution in [1.29, 1.82) is 0 Å². The summed E-state index contributed by atoms with van der Waals surface area (Å²) >= 11 is 0. The molecule has 4 heteroatoms. The van der Waals surface area contributed by atoms with Crippen LogP contribution in [0.25, 0.3) is 11.3 Å². The number of hydrogen-bond acceptors (Lipinski definition) is 3. The van der Waals surface area contributed by atoms with E-state index in [1.165, 1.54) is 4.90 Å². The Labute approximate surface area is 110 Å². The summed E-state index contributed by atoms with van der Waals surface area (Å²) in [6.07, 6.45) is 2.27. The van der Waals surface area contributed by atoms with Crippen LogP contribution >= 0.6 is 0 Å². The van der Waals surface area contributed by atoms with Gasteiger partial charge in [0.25, 0.3) is 0 Å². The van der Waals surface area contributed by atoms with E-state index < -0.39 is 0 Å². The van der Waals surface area contributed by atoms with Gasteiger partial charge in [0, 0.05) is 24.6 Å². The van der Waals surface area contributed by atoms with E-state index in [1.807, 2.05) is 36.4 Å². The molecule has 94 valence electrons. The number of hydrogen-bond donors (Lipinski definition) is 0. The maximum atomic E-state index is 11.9. The quantitative estimate of drug-likeness (QED) is 0.771. The van der Waals surface area contributed by atoms with Gasteiger partial charge in [-0.05, 0) is 18.2 Å². The third kappa shape index (κ3) is 2.01. The van der Waals surface area contributed by atoms with E-state index >= 15 is 0 Å². The second-order valence-electron chi connectivity index (χ2n) is 4.36. The van der Waals surface area contributed by atoms with Crippen molar-refractivity contribution in [3.05, 3.63) is 48.7 Å². The summed E-state index contributed by atoms with van der Waals surface area (Å²) in [5.74, 6) is -0.290. The monoisotopic (exact) mass is 252 g/mol. The number of carbonyl (C=O) groups excluding carboxylic acids is 2. The second-order valence-corrected chi connectivity index (χ2v) is 4.36. The van der Waals surface area contributed by atoms with Crippen LogP contribution in [0.5, 0.6) is 0 Å². The Kier molecular flexibility index (Phi) is 2.83. The van der Waals surface area contributed by atoms with Gasteiger partial charge in [-0.1, -0.05) is 24.3 Å². The SMILES string of the molecule is O=C1CCC(=O)N1c1ccccc1-c1ccccn1. The minimum absolute atomic E-state index is 0.145. The molecular formula is C15H12N2O2. The highest BCUT2D eigenvalue weighted by atomic mass is 16.2. The molecule has 0 N–H and O–H groups in total. The fraction of sp³-hybridized carbons (Fsp3) is 0.133. The van der Waals surface area contributed by atoms with Crippen LogP contribution in [0.1, 0.15) is 12.8 Å². The molecule has 1 fully saturated rings. The molecule has 19 heavy (non-hydrogen) atoms. The normalized spacial score (nSPS) is 15.1. The lowest BCUT2D eigenvalue weighted by molar-refractivity contribution is -0.121. The number of para-hydroxylation sites is 1. The molecule has 3 rings (SSSR count). The smallest absolute Gasteiger partial charge is 0.234 e. The van der Waals surface area contributed by atoms with Crippen LogP contribution in [0.3, 0.4) is 0 Å². The van der Waals surface area contributed by atoms with Crippen molar-refractivity contribution in [2.24, 2.45) is 0 Å². The van der Waals surface area contributed by atoms with E-state index in [0.29, 0.717) is 5.69 Å². The van der Waals surface area contributed by atoms with E-state index in [1.54, 1.807) is 12.3 Å². The van der Waals surface area contributed by atoms with Crippen molar-refractivity contribution in [1.82, 2.24) is 4.98 Å². The maximum absolute atomic E-state index is 11.9. The summed E-state index contributed by atoms with van der Waals surface area (Å²) in [5, 5.41) is 0. The van der Waals surface area contributed by atoms with Crippen molar-refractivity contribution >= 4 is 17.5 Å². The lowest BCUT2D eigenvalue weighted by Crippen LogP contribution is -2.29. The molecule has 0 radical (unpaired) electrons. The molecule has 2 heterocycles. The molecule has 1 aromatic heterocycles. The molecule has 0 spiro atoms. The molecule has 1 aliphatic rings. The fourth-order valence-corrected chi connectivity index (χ4v) is 2.25. The Balaban J connectivity index is 2.13. The van der Waals surface area contributed by atoms with Gasteiger partial charge < -0.3 is 0 Å². The minimum atomic E-state index is -0.145. The molecular weight excluding hydrogens is 240 g/mol. The van der Waals surface area contributed by atoms with Crippen molar-refractivity contribution in [2.45, 2.75) is 12.8 Å². The lowest BCUT2D eigenvalue weighted by atomic mass is 10.1. The lowest BCUT2D eigenvalue weighted by Gasteiger charge is -2.17. The summed E-state index contributed by atoms with van der Waals surface area (Å²) in [7, 11) is 0. The molecule has 1 saturated heterocycles. The van der Waals surface area contributed by atoms with Crippen molar-refractivity contribution < 1.29 is 9.59 Å². The van der Waals surface area contributed by atoms with Crippen molar-refractivity contribution in [3.8, 4) is 11.3 Å². The molecule has 1 aromatic carbocycles. The Hall–Kier alpha value is -2.49. The first-order valence-corrected chi connectivity index (χ1v) is 6.13. The van der Waals surface area contributed by atoms with Gasteiger partial charge in [-0.25, -0.2) is 4.90 Å². The number of amides is 2. The minimum Gasteiger partial charge on any atom is -0.274 e. The predicted molar refractivity (Wildman–Crippen MR) is 71.4 cm³/mol. The summed E-state index contributed by atoms with van der Waals surface area (Å²) < 4.78 is 0.